The quantitative estimate of drug-likeness (QED) is 0.784. The van der Waals surface area contributed by atoms with Crippen molar-refractivity contribution >= 4 is 33.6 Å². The summed E-state index contributed by atoms with van der Waals surface area (Å²) < 4.78 is 6.08. The minimum Gasteiger partial charge on any atom is -0.478 e. The summed E-state index contributed by atoms with van der Waals surface area (Å²) in [6.45, 7) is 1.14. The molecule has 0 radical (unpaired) electrons. The van der Waals surface area contributed by atoms with E-state index in [1.165, 1.54) is 6.07 Å². The Morgan fingerprint density at radius 2 is 2.25 bits per heavy atom. The molecule has 6 nitrogen and oxygen atoms in total. The van der Waals surface area contributed by atoms with Crippen molar-refractivity contribution in [3.05, 3.63) is 28.2 Å². The Morgan fingerprint density at radius 3 is 2.90 bits per heavy atom. The van der Waals surface area contributed by atoms with Gasteiger partial charge >= 0.3 is 12.0 Å². The number of carbonyl (C=O) groups excluding carboxylic acids is 1. The van der Waals surface area contributed by atoms with Gasteiger partial charge in [-0.05, 0) is 31.0 Å². The van der Waals surface area contributed by atoms with E-state index in [9.17, 15) is 9.59 Å². The summed E-state index contributed by atoms with van der Waals surface area (Å²) in [4.78, 5) is 22.8. The van der Waals surface area contributed by atoms with Crippen LogP contribution in [0.3, 0.4) is 0 Å². The number of carboxylic acid groups (broad SMARTS) is 1. The predicted molar refractivity (Wildman–Crippen MR) is 77.1 cm³/mol. The summed E-state index contributed by atoms with van der Waals surface area (Å²) in [5, 5.41) is 14.3. The summed E-state index contributed by atoms with van der Waals surface area (Å²) >= 11 is 3.24. The first-order chi connectivity index (χ1) is 9.56. The zero-order valence-corrected chi connectivity index (χ0v) is 12.3. The van der Waals surface area contributed by atoms with Gasteiger partial charge in [0, 0.05) is 17.6 Å². The molecule has 1 unspecified atom stereocenters. The first kappa shape index (κ1) is 14.8. The zero-order valence-electron chi connectivity index (χ0n) is 10.7. The lowest BCUT2D eigenvalue weighted by Crippen LogP contribution is -2.35. The Morgan fingerprint density at radius 1 is 1.45 bits per heavy atom. The van der Waals surface area contributed by atoms with Crippen molar-refractivity contribution < 1.29 is 19.4 Å². The third-order valence-corrected chi connectivity index (χ3v) is 3.47. The van der Waals surface area contributed by atoms with Crippen LogP contribution in [-0.2, 0) is 4.74 Å². The number of anilines is 1. The van der Waals surface area contributed by atoms with Crippen LogP contribution in [0.2, 0.25) is 0 Å². The van der Waals surface area contributed by atoms with Crippen LogP contribution >= 0.6 is 15.9 Å². The SMILES string of the molecule is O=C(NCC1CCCO1)Nc1cc(Br)ccc1C(=O)O. The van der Waals surface area contributed by atoms with Crippen molar-refractivity contribution in [1.82, 2.24) is 5.32 Å². The Labute approximate surface area is 124 Å². The number of halogens is 1. The Kier molecular flexibility index (Phi) is 4.97. The van der Waals surface area contributed by atoms with Gasteiger partial charge in [-0.15, -0.1) is 0 Å². The van der Waals surface area contributed by atoms with Crippen LogP contribution < -0.4 is 10.6 Å². The lowest BCUT2D eigenvalue weighted by Gasteiger charge is -2.13. The number of carbonyl (C=O) groups is 2. The van der Waals surface area contributed by atoms with Crippen molar-refractivity contribution in [1.29, 1.82) is 0 Å². The Hall–Kier alpha value is -1.60. The van der Waals surface area contributed by atoms with Crippen molar-refractivity contribution in [3.63, 3.8) is 0 Å². The van der Waals surface area contributed by atoms with E-state index in [1.807, 2.05) is 0 Å². The number of ether oxygens (including phenoxy) is 1. The maximum Gasteiger partial charge on any atom is 0.337 e. The van der Waals surface area contributed by atoms with Gasteiger partial charge in [0.05, 0.1) is 17.4 Å². The minimum absolute atomic E-state index is 0.0421. The summed E-state index contributed by atoms with van der Waals surface area (Å²) in [7, 11) is 0. The van der Waals surface area contributed by atoms with Crippen molar-refractivity contribution in [3.8, 4) is 0 Å². The van der Waals surface area contributed by atoms with E-state index in [2.05, 4.69) is 26.6 Å². The normalized spacial score (nSPS) is 17.8. The molecule has 1 aromatic rings. The molecule has 108 valence electrons. The molecule has 0 bridgehead atoms. The molecule has 1 fully saturated rings. The van der Waals surface area contributed by atoms with Crippen LogP contribution in [0.25, 0.3) is 0 Å². The molecule has 1 atom stereocenters. The number of hydrogen-bond donors (Lipinski definition) is 3. The number of amides is 2. The summed E-state index contributed by atoms with van der Waals surface area (Å²) in [6.07, 6.45) is 1.97. The standard InChI is InChI=1S/C13H15BrN2O4/c14-8-3-4-10(12(17)18)11(6-8)16-13(19)15-7-9-2-1-5-20-9/h3-4,6,9H,1-2,5,7H2,(H,17,18)(H2,15,16,19). The fraction of sp³-hybridized carbons (Fsp3) is 0.385. The number of hydrogen-bond acceptors (Lipinski definition) is 3. The van der Waals surface area contributed by atoms with Gasteiger partial charge in [-0.2, -0.15) is 0 Å². The fourth-order valence-corrected chi connectivity index (χ4v) is 2.35. The van der Waals surface area contributed by atoms with Crippen LogP contribution in [0, 0.1) is 0 Å². The molecule has 1 aliphatic heterocycles. The van der Waals surface area contributed by atoms with Crippen molar-refractivity contribution in [2.24, 2.45) is 0 Å². The molecule has 1 aliphatic rings. The molecular formula is C13H15BrN2O4. The highest BCUT2D eigenvalue weighted by Gasteiger charge is 2.17. The molecule has 2 rings (SSSR count). The first-order valence-electron chi connectivity index (χ1n) is 6.25. The van der Waals surface area contributed by atoms with E-state index in [-0.39, 0.29) is 17.4 Å². The van der Waals surface area contributed by atoms with Gasteiger partial charge in [0.1, 0.15) is 0 Å². The average molecular weight is 343 g/mol. The molecule has 0 saturated carbocycles. The lowest BCUT2D eigenvalue weighted by atomic mass is 10.2. The van der Waals surface area contributed by atoms with Gasteiger partial charge in [-0.1, -0.05) is 15.9 Å². The van der Waals surface area contributed by atoms with Gasteiger partial charge < -0.3 is 20.5 Å². The summed E-state index contributed by atoms with van der Waals surface area (Å²) in [6, 6.07) is 4.15. The second-order valence-corrected chi connectivity index (χ2v) is 5.38. The maximum atomic E-state index is 11.8. The van der Waals surface area contributed by atoms with Crippen LogP contribution in [0.1, 0.15) is 23.2 Å². The van der Waals surface area contributed by atoms with Gasteiger partial charge in [0.2, 0.25) is 0 Å². The monoisotopic (exact) mass is 342 g/mol. The maximum absolute atomic E-state index is 11.8. The Bertz CT molecular complexity index is 515. The first-order valence-corrected chi connectivity index (χ1v) is 7.05. The molecule has 20 heavy (non-hydrogen) atoms. The third-order valence-electron chi connectivity index (χ3n) is 2.97. The molecule has 1 aromatic carbocycles. The fourth-order valence-electron chi connectivity index (χ4n) is 1.98. The third kappa shape index (κ3) is 3.94. The topological polar surface area (TPSA) is 87.7 Å². The molecule has 1 saturated heterocycles. The molecule has 0 aliphatic carbocycles. The number of carboxylic acids is 1. The molecular weight excluding hydrogens is 328 g/mol. The van der Waals surface area contributed by atoms with E-state index in [4.69, 9.17) is 9.84 Å². The van der Waals surface area contributed by atoms with E-state index in [0.717, 1.165) is 19.4 Å². The summed E-state index contributed by atoms with van der Waals surface area (Å²) in [5.41, 5.74) is 0.289. The number of urea groups is 1. The van der Waals surface area contributed by atoms with Crippen LogP contribution in [0.5, 0.6) is 0 Å². The van der Waals surface area contributed by atoms with Crippen molar-refractivity contribution in [2.75, 3.05) is 18.5 Å². The highest BCUT2D eigenvalue weighted by molar-refractivity contribution is 9.10. The highest BCUT2D eigenvalue weighted by Crippen LogP contribution is 2.21. The van der Waals surface area contributed by atoms with E-state index in [1.54, 1.807) is 12.1 Å². The molecule has 3 N–H and O–H groups in total. The second kappa shape index (κ2) is 6.71. The van der Waals surface area contributed by atoms with E-state index >= 15 is 0 Å². The Balaban J connectivity index is 1.96. The molecule has 0 aromatic heterocycles. The largest absolute Gasteiger partial charge is 0.478 e. The van der Waals surface area contributed by atoms with Crippen LogP contribution in [0.4, 0.5) is 10.5 Å². The number of nitrogens with one attached hydrogen (secondary N) is 2. The van der Waals surface area contributed by atoms with Gasteiger partial charge in [0.25, 0.3) is 0 Å². The zero-order chi connectivity index (χ0) is 14.5. The van der Waals surface area contributed by atoms with E-state index < -0.39 is 12.0 Å². The van der Waals surface area contributed by atoms with E-state index in [0.29, 0.717) is 11.0 Å². The highest BCUT2D eigenvalue weighted by atomic mass is 79.9. The lowest BCUT2D eigenvalue weighted by molar-refractivity contribution is 0.0698. The molecule has 0 spiro atoms. The predicted octanol–water partition coefficient (Wildman–Crippen LogP) is 2.45. The van der Waals surface area contributed by atoms with Crippen LogP contribution in [-0.4, -0.2) is 36.4 Å². The number of rotatable bonds is 4. The van der Waals surface area contributed by atoms with Crippen molar-refractivity contribution in [2.45, 2.75) is 18.9 Å². The van der Waals surface area contributed by atoms with Crippen LogP contribution in [0.15, 0.2) is 22.7 Å². The second-order valence-electron chi connectivity index (χ2n) is 4.47. The smallest absolute Gasteiger partial charge is 0.337 e. The molecule has 7 heteroatoms. The van der Waals surface area contributed by atoms with Gasteiger partial charge in [-0.25, -0.2) is 9.59 Å². The molecule has 2 amide bonds. The average Bonchev–Trinajstić information content (AvgIpc) is 2.89. The number of benzene rings is 1. The minimum atomic E-state index is -1.09. The summed E-state index contributed by atoms with van der Waals surface area (Å²) in [5.74, 6) is -1.09. The van der Waals surface area contributed by atoms with Gasteiger partial charge in [-0.3, -0.25) is 0 Å². The van der Waals surface area contributed by atoms with Gasteiger partial charge in [0.15, 0.2) is 0 Å². The molecule has 1 heterocycles. The number of aromatic carboxylic acids is 1.